The van der Waals surface area contributed by atoms with E-state index in [1.807, 2.05) is 6.92 Å². The van der Waals surface area contributed by atoms with Crippen LogP contribution in [0.5, 0.6) is 0 Å². The van der Waals surface area contributed by atoms with Crippen LogP contribution in [-0.2, 0) is 14.3 Å². The van der Waals surface area contributed by atoms with E-state index in [1.165, 1.54) is 13.3 Å². The molecule has 0 fully saturated rings. The number of ether oxygens (including phenoxy) is 1. The maximum Gasteiger partial charge on any atom is 0.258 e. The van der Waals surface area contributed by atoms with Gasteiger partial charge in [-0.15, -0.1) is 0 Å². The molecule has 0 aromatic carbocycles. The Hall–Kier alpha value is -1.52. The minimum atomic E-state index is -0.485. The number of hydrogen-bond acceptors (Lipinski definition) is 3. The smallest absolute Gasteiger partial charge is 0.258 e. The summed E-state index contributed by atoms with van der Waals surface area (Å²) < 4.78 is 4.71. The highest BCUT2D eigenvalue weighted by atomic mass is 16.5. The predicted octanol–water partition coefficient (Wildman–Crippen LogP) is 0.177. The largest absolute Gasteiger partial charge is 0.492 e. The number of likely N-dealkylation sites (N-methyl/N-ethyl adjacent to an activating group) is 1. The van der Waals surface area contributed by atoms with Gasteiger partial charge in [-0.1, -0.05) is 19.9 Å². The lowest BCUT2D eigenvalue weighted by Crippen LogP contribution is -2.46. The van der Waals surface area contributed by atoms with Crippen LogP contribution in [-0.4, -0.2) is 31.5 Å². The average molecular weight is 214 g/mol. The van der Waals surface area contributed by atoms with Crippen LogP contribution in [0.3, 0.4) is 0 Å². The van der Waals surface area contributed by atoms with Crippen molar-refractivity contribution in [3.63, 3.8) is 0 Å². The van der Waals surface area contributed by atoms with Crippen molar-refractivity contribution in [2.75, 3.05) is 13.7 Å². The standard InChI is InChI=1S/C10H18N2O3/c1-4-6-8(10(14)11-3)12-9(13)7-15-5-2/h5,8H,2,4,6-7H2,1,3H3,(H,11,14)(H,12,13)/t8-/m0/s1. The fraction of sp³-hybridized carbons (Fsp3) is 0.600. The number of nitrogens with one attached hydrogen (secondary N) is 2. The SMILES string of the molecule is C=COCC(=O)N[C@@H](CCC)C(=O)NC. The summed E-state index contributed by atoms with van der Waals surface area (Å²) in [5.41, 5.74) is 0. The van der Waals surface area contributed by atoms with Crippen LogP contribution in [0.1, 0.15) is 19.8 Å². The van der Waals surface area contributed by atoms with Crippen molar-refractivity contribution in [3.8, 4) is 0 Å². The minimum Gasteiger partial charge on any atom is -0.492 e. The third-order valence-electron chi connectivity index (χ3n) is 1.81. The molecule has 5 heteroatoms. The zero-order chi connectivity index (χ0) is 11.7. The summed E-state index contributed by atoms with van der Waals surface area (Å²) in [5.74, 6) is -0.513. The average Bonchev–Trinajstić information content (AvgIpc) is 2.24. The van der Waals surface area contributed by atoms with Gasteiger partial charge < -0.3 is 15.4 Å². The summed E-state index contributed by atoms with van der Waals surface area (Å²) in [6, 6.07) is -0.485. The highest BCUT2D eigenvalue weighted by Crippen LogP contribution is 1.96. The van der Waals surface area contributed by atoms with Crippen LogP contribution in [0.2, 0.25) is 0 Å². The molecule has 0 heterocycles. The van der Waals surface area contributed by atoms with Gasteiger partial charge in [0, 0.05) is 7.05 Å². The van der Waals surface area contributed by atoms with Gasteiger partial charge in [-0.05, 0) is 6.42 Å². The first-order valence-corrected chi connectivity index (χ1v) is 4.89. The summed E-state index contributed by atoms with van der Waals surface area (Å²) in [7, 11) is 1.54. The lowest BCUT2D eigenvalue weighted by Gasteiger charge is -2.16. The lowest BCUT2D eigenvalue weighted by atomic mass is 10.1. The van der Waals surface area contributed by atoms with Crippen molar-refractivity contribution >= 4 is 11.8 Å². The summed E-state index contributed by atoms with van der Waals surface area (Å²) in [6.45, 7) is 5.15. The minimum absolute atomic E-state index is 0.110. The Morgan fingerprint density at radius 2 is 2.20 bits per heavy atom. The number of carbonyl (C=O) groups excluding carboxylic acids is 2. The number of amides is 2. The molecule has 0 aliphatic rings. The molecule has 0 aliphatic carbocycles. The summed E-state index contributed by atoms with van der Waals surface area (Å²) >= 11 is 0. The molecular weight excluding hydrogens is 196 g/mol. The Balaban J connectivity index is 4.09. The molecule has 0 bridgehead atoms. The van der Waals surface area contributed by atoms with Crippen molar-refractivity contribution in [1.29, 1.82) is 0 Å². The van der Waals surface area contributed by atoms with E-state index >= 15 is 0 Å². The van der Waals surface area contributed by atoms with Gasteiger partial charge in [0.1, 0.15) is 6.04 Å². The number of hydrogen-bond donors (Lipinski definition) is 2. The first-order chi connectivity index (χ1) is 7.15. The Bertz CT molecular complexity index is 229. The maximum absolute atomic E-state index is 11.3. The Labute approximate surface area is 89.9 Å². The molecule has 5 nitrogen and oxygen atoms in total. The molecule has 0 saturated carbocycles. The third-order valence-corrected chi connectivity index (χ3v) is 1.81. The zero-order valence-corrected chi connectivity index (χ0v) is 9.21. The van der Waals surface area contributed by atoms with Gasteiger partial charge in [0.25, 0.3) is 5.91 Å². The molecule has 1 atom stereocenters. The molecule has 15 heavy (non-hydrogen) atoms. The van der Waals surface area contributed by atoms with E-state index in [0.29, 0.717) is 6.42 Å². The normalized spacial score (nSPS) is 11.3. The maximum atomic E-state index is 11.3. The van der Waals surface area contributed by atoms with Crippen molar-refractivity contribution in [2.45, 2.75) is 25.8 Å². The second-order valence-corrected chi connectivity index (χ2v) is 3.00. The molecular formula is C10H18N2O3. The zero-order valence-electron chi connectivity index (χ0n) is 9.21. The molecule has 2 N–H and O–H groups in total. The summed E-state index contributed by atoms with van der Waals surface area (Å²) in [6.07, 6.45) is 2.62. The van der Waals surface area contributed by atoms with E-state index in [0.717, 1.165) is 6.42 Å². The van der Waals surface area contributed by atoms with E-state index in [9.17, 15) is 9.59 Å². The number of rotatable bonds is 7. The summed E-state index contributed by atoms with van der Waals surface area (Å²) in [4.78, 5) is 22.6. The van der Waals surface area contributed by atoms with Crippen molar-refractivity contribution in [3.05, 3.63) is 12.8 Å². The van der Waals surface area contributed by atoms with Gasteiger partial charge >= 0.3 is 0 Å². The summed E-state index contributed by atoms with van der Waals surface area (Å²) in [5, 5.41) is 5.08. The van der Waals surface area contributed by atoms with Crippen LogP contribution < -0.4 is 10.6 Å². The first kappa shape index (κ1) is 13.5. The van der Waals surface area contributed by atoms with Gasteiger partial charge in [0.2, 0.25) is 5.91 Å². The fourth-order valence-corrected chi connectivity index (χ4v) is 1.10. The van der Waals surface area contributed by atoms with Gasteiger partial charge in [0.15, 0.2) is 6.61 Å². The van der Waals surface area contributed by atoms with Crippen LogP contribution in [0.15, 0.2) is 12.8 Å². The first-order valence-electron chi connectivity index (χ1n) is 4.89. The monoisotopic (exact) mass is 214 g/mol. The van der Waals surface area contributed by atoms with Crippen molar-refractivity contribution in [1.82, 2.24) is 10.6 Å². The van der Waals surface area contributed by atoms with E-state index in [-0.39, 0.29) is 18.4 Å². The molecule has 0 aliphatic heterocycles. The Morgan fingerprint density at radius 3 is 2.67 bits per heavy atom. The second kappa shape index (κ2) is 7.84. The van der Waals surface area contributed by atoms with Crippen LogP contribution in [0, 0.1) is 0 Å². The van der Waals surface area contributed by atoms with E-state index < -0.39 is 6.04 Å². The molecule has 0 unspecified atom stereocenters. The molecule has 2 amide bonds. The molecule has 0 radical (unpaired) electrons. The van der Waals surface area contributed by atoms with E-state index in [2.05, 4.69) is 17.2 Å². The van der Waals surface area contributed by atoms with Gasteiger partial charge in [-0.3, -0.25) is 9.59 Å². The Kier molecular flexibility index (Phi) is 7.05. The topological polar surface area (TPSA) is 67.4 Å². The lowest BCUT2D eigenvalue weighted by molar-refractivity contribution is -0.130. The van der Waals surface area contributed by atoms with Crippen LogP contribution in [0.4, 0.5) is 0 Å². The molecule has 0 rings (SSSR count). The van der Waals surface area contributed by atoms with Crippen molar-refractivity contribution in [2.24, 2.45) is 0 Å². The van der Waals surface area contributed by atoms with Gasteiger partial charge in [-0.25, -0.2) is 0 Å². The Morgan fingerprint density at radius 1 is 1.53 bits per heavy atom. The van der Waals surface area contributed by atoms with E-state index in [4.69, 9.17) is 4.74 Å². The molecule has 86 valence electrons. The van der Waals surface area contributed by atoms with Crippen molar-refractivity contribution < 1.29 is 14.3 Å². The van der Waals surface area contributed by atoms with Gasteiger partial charge in [-0.2, -0.15) is 0 Å². The molecule has 0 aromatic rings. The van der Waals surface area contributed by atoms with E-state index in [1.54, 1.807) is 0 Å². The quantitative estimate of drug-likeness (QED) is 0.594. The van der Waals surface area contributed by atoms with Gasteiger partial charge in [0.05, 0.1) is 6.26 Å². The van der Waals surface area contributed by atoms with Crippen LogP contribution in [0.25, 0.3) is 0 Å². The fourth-order valence-electron chi connectivity index (χ4n) is 1.10. The van der Waals surface area contributed by atoms with Crippen LogP contribution >= 0.6 is 0 Å². The second-order valence-electron chi connectivity index (χ2n) is 3.00. The highest BCUT2D eigenvalue weighted by Gasteiger charge is 2.18. The third kappa shape index (κ3) is 5.72. The number of carbonyl (C=O) groups is 2. The molecule has 0 aromatic heterocycles. The highest BCUT2D eigenvalue weighted by molar-refractivity contribution is 5.87. The molecule has 0 saturated heterocycles. The molecule has 0 spiro atoms. The predicted molar refractivity (Wildman–Crippen MR) is 57.1 cm³/mol.